The number of hydrogen-bond acceptors (Lipinski definition) is 3. The van der Waals surface area contributed by atoms with Crippen molar-refractivity contribution in [2.45, 2.75) is 0 Å². The van der Waals surface area contributed by atoms with Gasteiger partial charge in [0.25, 0.3) is 0 Å². The number of carbonyl (C=O) groups is 1. The Balaban J connectivity index is 2.88. The van der Waals surface area contributed by atoms with Crippen LogP contribution < -0.4 is 0 Å². The van der Waals surface area contributed by atoms with E-state index in [0.29, 0.717) is 17.6 Å². The van der Waals surface area contributed by atoms with Gasteiger partial charge in [-0.05, 0) is 12.1 Å². The molecule has 0 aromatic carbocycles. The van der Waals surface area contributed by atoms with Gasteiger partial charge >= 0.3 is 0 Å². The normalized spacial score (nSPS) is 10.3. The molecule has 2 rings (SSSR count). The van der Waals surface area contributed by atoms with Gasteiger partial charge in [0.05, 0.1) is 6.20 Å². The van der Waals surface area contributed by atoms with Crippen LogP contribution in [0, 0.1) is 0 Å². The van der Waals surface area contributed by atoms with Crippen LogP contribution in [0.5, 0.6) is 5.75 Å². The SMILES string of the molecule is O=Cc1ncc2c(O)cccn12. The first-order valence-corrected chi connectivity index (χ1v) is 3.43. The monoisotopic (exact) mass is 162 g/mol. The number of pyridine rings is 1. The summed E-state index contributed by atoms with van der Waals surface area (Å²) in [5.41, 5.74) is 0.541. The molecule has 0 atom stereocenters. The van der Waals surface area contributed by atoms with Gasteiger partial charge in [-0.15, -0.1) is 0 Å². The van der Waals surface area contributed by atoms with Crippen LogP contribution >= 0.6 is 0 Å². The number of nitrogens with zero attached hydrogens (tertiary/aromatic N) is 2. The smallest absolute Gasteiger partial charge is 0.185 e. The van der Waals surface area contributed by atoms with Crippen molar-refractivity contribution in [3.05, 3.63) is 30.4 Å². The van der Waals surface area contributed by atoms with E-state index in [9.17, 15) is 9.90 Å². The van der Waals surface area contributed by atoms with Gasteiger partial charge in [0, 0.05) is 6.20 Å². The van der Waals surface area contributed by atoms with Crippen molar-refractivity contribution in [1.82, 2.24) is 9.38 Å². The Labute approximate surface area is 68.1 Å². The lowest BCUT2D eigenvalue weighted by Gasteiger charge is -1.95. The molecule has 0 aliphatic carbocycles. The molecule has 0 unspecified atom stereocenters. The molecule has 0 fully saturated rings. The van der Waals surface area contributed by atoms with Crippen LogP contribution in [-0.4, -0.2) is 20.8 Å². The lowest BCUT2D eigenvalue weighted by Crippen LogP contribution is -1.90. The van der Waals surface area contributed by atoms with Gasteiger partial charge < -0.3 is 5.11 Å². The van der Waals surface area contributed by atoms with E-state index in [0.717, 1.165) is 0 Å². The molecule has 0 spiro atoms. The van der Waals surface area contributed by atoms with E-state index >= 15 is 0 Å². The summed E-state index contributed by atoms with van der Waals surface area (Å²) in [6, 6.07) is 3.20. The number of aromatic hydroxyl groups is 1. The van der Waals surface area contributed by atoms with E-state index in [2.05, 4.69) is 4.98 Å². The van der Waals surface area contributed by atoms with E-state index in [1.54, 1.807) is 18.3 Å². The molecule has 2 aromatic rings. The molecule has 12 heavy (non-hydrogen) atoms. The van der Waals surface area contributed by atoms with E-state index < -0.39 is 0 Å². The summed E-state index contributed by atoms with van der Waals surface area (Å²) < 4.78 is 1.53. The highest BCUT2D eigenvalue weighted by Crippen LogP contribution is 2.17. The minimum Gasteiger partial charge on any atom is -0.506 e. The zero-order valence-corrected chi connectivity index (χ0v) is 6.14. The van der Waals surface area contributed by atoms with Gasteiger partial charge in [0.15, 0.2) is 12.1 Å². The molecule has 2 heterocycles. The molecule has 1 N–H and O–H groups in total. The fraction of sp³-hybridized carbons (Fsp3) is 0. The van der Waals surface area contributed by atoms with E-state index in [-0.39, 0.29) is 5.75 Å². The highest BCUT2D eigenvalue weighted by molar-refractivity contribution is 5.73. The van der Waals surface area contributed by atoms with Crippen molar-refractivity contribution in [3.63, 3.8) is 0 Å². The highest BCUT2D eigenvalue weighted by atomic mass is 16.3. The molecule has 0 saturated heterocycles. The third-order valence-electron chi connectivity index (χ3n) is 1.68. The molecule has 0 saturated carbocycles. The first-order chi connectivity index (χ1) is 5.83. The van der Waals surface area contributed by atoms with Crippen molar-refractivity contribution in [2.75, 3.05) is 0 Å². The minimum atomic E-state index is 0.123. The summed E-state index contributed by atoms with van der Waals surface area (Å²) >= 11 is 0. The summed E-state index contributed by atoms with van der Waals surface area (Å²) in [6.45, 7) is 0. The second-order valence-corrected chi connectivity index (χ2v) is 2.38. The zero-order chi connectivity index (χ0) is 8.55. The van der Waals surface area contributed by atoms with E-state index in [1.165, 1.54) is 10.6 Å². The lowest BCUT2D eigenvalue weighted by molar-refractivity contribution is 0.111. The predicted octanol–water partition coefficient (Wildman–Crippen LogP) is 0.852. The van der Waals surface area contributed by atoms with Crippen molar-refractivity contribution in [1.29, 1.82) is 0 Å². The fourth-order valence-electron chi connectivity index (χ4n) is 1.11. The molecule has 4 nitrogen and oxygen atoms in total. The first kappa shape index (κ1) is 6.84. The summed E-state index contributed by atoms with van der Waals surface area (Å²) in [4.78, 5) is 14.2. The Bertz CT molecular complexity index is 434. The highest BCUT2D eigenvalue weighted by Gasteiger charge is 2.03. The van der Waals surface area contributed by atoms with Gasteiger partial charge in [-0.25, -0.2) is 4.98 Å². The summed E-state index contributed by atoms with van der Waals surface area (Å²) in [7, 11) is 0. The topological polar surface area (TPSA) is 54.6 Å². The molecule has 0 radical (unpaired) electrons. The number of carbonyl (C=O) groups excluding carboxylic acids is 1. The molecule has 2 aromatic heterocycles. The maximum absolute atomic E-state index is 10.4. The van der Waals surface area contributed by atoms with Crippen LogP contribution in [-0.2, 0) is 0 Å². The second-order valence-electron chi connectivity index (χ2n) is 2.38. The van der Waals surface area contributed by atoms with Crippen molar-refractivity contribution < 1.29 is 9.90 Å². The number of aldehydes is 1. The summed E-state index contributed by atoms with van der Waals surface area (Å²) in [5.74, 6) is 0.416. The zero-order valence-electron chi connectivity index (χ0n) is 6.14. The molecule has 0 bridgehead atoms. The number of hydrogen-bond donors (Lipinski definition) is 1. The number of fused-ring (bicyclic) bond motifs is 1. The summed E-state index contributed by atoms with van der Waals surface area (Å²) in [5, 5.41) is 9.30. The Morgan fingerprint density at radius 1 is 1.58 bits per heavy atom. The van der Waals surface area contributed by atoms with Gasteiger partial charge in [-0.1, -0.05) is 0 Å². The summed E-state index contributed by atoms with van der Waals surface area (Å²) in [6.07, 6.45) is 3.78. The van der Waals surface area contributed by atoms with Crippen LogP contribution in [0.1, 0.15) is 10.6 Å². The fourth-order valence-corrected chi connectivity index (χ4v) is 1.11. The molecule has 4 heteroatoms. The van der Waals surface area contributed by atoms with Crippen LogP contribution in [0.2, 0.25) is 0 Å². The molecular weight excluding hydrogens is 156 g/mol. The predicted molar refractivity (Wildman–Crippen MR) is 42.2 cm³/mol. The van der Waals surface area contributed by atoms with E-state index in [1.807, 2.05) is 0 Å². The standard InChI is InChI=1S/C8H6N2O2/c11-5-8-9-4-6-7(12)2-1-3-10(6)8/h1-5,12H. The molecule has 0 aliphatic rings. The number of imidazole rings is 1. The maximum atomic E-state index is 10.4. The average molecular weight is 162 g/mol. The lowest BCUT2D eigenvalue weighted by atomic mass is 10.4. The molecular formula is C8H6N2O2. The van der Waals surface area contributed by atoms with Crippen LogP contribution in [0.15, 0.2) is 24.5 Å². The second kappa shape index (κ2) is 2.34. The average Bonchev–Trinajstić information content (AvgIpc) is 2.49. The van der Waals surface area contributed by atoms with Crippen molar-refractivity contribution >= 4 is 11.8 Å². The third-order valence-corrected chi connectivity index (χ3v) is 1.68. The third kappa shape index (κ3) is 0.780. The van der Waals surface area contributed by atoms with Gasteiger partial charge in [0.1, 0.15) is 11.3 Å². The Morgan fingerprint density at radius 2 is 2.42 bits per heavy atom. The number of rotatable bonds is 1. The molecule has 60 valence electrons. The Hall–Kier alpha value is -1.84. The quantitative estimate of drug-likeness (QED) is 0.632. The Kier molecular flexibility index (Phi) is 1.33. The minimum absolute atomic E-state index is 0.123. The van der Waals surface area contributed by atoms with Gasteiger partial charge in [0.2, 0.25) is 0 Å². The van der Waals surface area contributed by atoms with Crippen LogP contribution in [0.4, 0.5) is 0 Å². The van der Waals surface area contributed by atoms with Crippen molar-refractivity contribution in [2.24, 2.45) is 0 Å². The largest absolute Gasteiger partial charge is 0.506 e. The van der Waals surface area contributed by atoms with Crippen LogP contribution in [0.3, 0.4) is 0 Å². The van der Waals surface area contributed by atoms with Gasteiger partial charge in [-0.2, -0.15) is 0 Å². The molecule has 0 amide bonds. The Morgan fingerprint density at radius 3 is 3.17 bits per heavy atom. The maximum Gasteiger partial charge on any atom is 0.185 e. The van der Waals surface area contributed by atoms with E-state index in [4.69, 9.17) is 0 Å². The molecule has 0 aliphatic heterocycles. The first-order valence-electron chi connectivity index (χ1n) is 3.43. The van der Waals surface area contributed by atoms with Gasteiger partial charge in [-0.3, -0.25) is 9.20 Å². The van der Waals surface area contributed by atoms with Crippen molar-refractivity contribution in [3.8, 4) is 5.75 Å². The van der Waals surface area contributed by atoms with Crippen LogP contribution in [0.25, 0.3) is 5.52 Å². The number of aromatic nitrogens is 2.